The van der Waals surface area contributed by atoms with E-state index in [-0.39, 0.29) is 17.4 Å². The van der Waals surface area contributed by atoms with Crippen molar-refractivity contribution < 1.29 is 23.8 Å². The number of ketones is 1. The Morgan fingerprint density at radius 2 is 1.71 bits per heavy atom. The van der Waals surface area contributed by atoms with E-state index in [1.54, 1.807) is 30.3 Å². The molecule has 0 radical (unpaired) electrons. The minimum atomic E-state index is -0.990. The molecule has 0 bridgehead atoms. The molecule has 1 aliphatic heterocycles. The Morgan fingerprint density at radius 1 is 1.06 bits per heavy atom. The van der Waals surface area contributed by atoms with Crippen molar-refractivity contribution in [3.63, 3.8) is 0 Å². The average Bonchev–Trinajstić information content (AvgIpc) is 3.10. The lowest BCUT2D eigenvalue weighted by atomic mass is 9.94. The van der Waals surface area contributed by atoms with Crippen LogP contribution in [0, 0.1) is 24.1 Å². The Labute approximate surface area is 202 Å². The molecule has 1 unspecified atom stereocenters. The zero-order valence-electron chi connectivity index (χ0n) is 19.4. The number of carbonyl (C=O) groups excluding carboxylic acids is 2. The van der Waals surface area contributed by atoms with Crippen molar-refractivity contribution in [2.75, 3.05) is 4.90 Å². The molecule has 7 heteroatoms. The molecule has 1 aliphatic rings. The van der Waals surface area contributed by atoms with Crippen LogP contribution in [0.5, 0.6) is 5.75 Å². The second kappa shape index (κ2) is 9.43. The molecule has 176 valence electrons. The Morgan fingerprint density at radius 3 is 2.29 bits per heavy atom. The second-order valence-corrected chi connectivity index (χ2v) is 8.53. The highest BCUT2D eigenvalue weighted by molar-refractivity contribution is 6.51. The predicted molar refractivity (Wildman–Crippen MR) is 129 cm³/mol. The quantitative estimate of drug-likeness (QED) is 0.306. The summed E-state index contributed by atoms with van der Waals surface area (Å²) < 4.78 is 19.4. The monoisotopic (exact) mass is 470 g/mol. The fourth-order valence-corrected chi connectivity index (χ4v) is 4.09. The first kappa shape index (κ1) is 23.7. The third kappa shape index (κ3) is 4.51. The van der Waals surface area contributed by atoms with Gasteiger partial charge in [0.1, 0.15) is 17.3 Å². The Balaban J connectivity index is 1.88. The van der Waals surface area contributed by atoms with E-state index in [0.717, 1.165) is 5.56 Å². The number of rotatable bonds is 5. The highest BCUT2D eigenvalue weighted by Crippen LogP contribution is 2.42. The van der Waals surface area contributed by atoms with Crippen molar-refractivity contribution in [2.45, 2.75) is 32.9 Å². The molecule has 6 nitrogen and oxygen atoms in total. The molecule has 35 heavy (non-hydrogen) atoms. The van der Waals surface area contributed by atoms with Crippen molar-refractivity contribution in [3.05, 3.63) is 100 Å². The van der Waals surface area contributed by atoms with Gasteiger partial charge in [-0.2, -0.15) is 5.26 Å². The largest absolute Gasteiger partial charge is 0.507 e. The first-order valence-corrected chi connectivity index (χ1v) is 11.1. The number of nitriles is 1. The van der Waals surface area contributed by atoms with Gasteiger partial charge in [-0.1, -0.05) is 12.1 Å². The van der Waals surface area contributed by atoms with Gasteiger partial charge >= 0.3 is 0 Å². The number of carbonyl (C=O) groups is 2. The lowest BCUT2D eigenvalue weighted by molar-refractivity contribution is -0.132. The summed E-state index contributed by atoms with van der Waals surface area (Å²) in [5.74, 6) is -1.86. The third-order valence-electron chi connectivity index (χ3n) is 5.72. The van der Waals surface area contributed by atoms with Crippen LogP contribution in [0.3, 0.4) is 0 Å². The summed E-state index contributed by atoms with van der Waals surface area (Å²) in [6.45, 7) is 5.63. The summed E-state index contributed by atoms with van der Waals surface area (Å²) in [5.41, 5.74) is 2.21. The molecular weight excluding hydrogens is 447 g/mol. The van der Waals surface area contributed by atoms with E-state index in [4.69, 9.17) is 10.00 Å². The topological polar surface area (TPSA) is 90.6 Å². The van der Waals surface area contributed by atoms with Gasteiger partial charge in [0.2, 0.25) is 0 Å². The van der Waals surface area contributed by atoms with Crippen LogP contribution in [-0.4, -0.2) is 22.9 Å². The molecular formula is C28H23FN2O4. The van der Waals surface area contributed by atoms with Crippen molar-refractivity contribution in [2.24, 2.45) is 0 Å². The maximum atomic E-state index is 13.7. The Bertz CT molecular complexity index is 1370. The number of aliphatic hydroxyl groups is 1. The minimum Gasteiger partial charge on any atom is -0.507 e. The van der Waals surface area contributed by atoms with Crippen LogP contribution in [0.2, 0.25) is 0 Å². The summed E-state index contributed by atoms with van der Waals surface area (Å²) in [5, 5.41) is 20.4. The van der Waals surface area contributed by atoms with Crippen LogP contribution in [0.15, 0.2) is 72.3 Å². The summed E-state index contributed by atoms with van der Waals surface area (Å²) in [7, 11) is 0. The molecule has 3 aromatic rings. The SMILES string of the molecule is Cc1cc(/C(O)=C2/C(=O)C(=O)N(c3ccc(C#N)cc3)C2c2ccc(F)cc2)ccc1OC(C)C. The van der Waals surface area contributed by atoms with Gasteiger partial charge in [0.05, 0.1) is 29.4 Å². The normalized spacial score (nSPS) is 17.0. The molecule has 4 rings (SSSR count). The minimum absolute atomic E-state index is 0.0376. The van der Waals surface area contributed by atoms with Gasteiger partial charge in [-0.25, -0.2) is 4.39 Å². The molecule has 0 aliphatic carbocycles. The fourth-order valence-electron chi connectivity index (χ4n) is 4.09. The summed E-state index contributed by atoms with van der Waals surface area (Å²) >= 11 is 0. The van der Waals surface area contributed by atoms with E-state index < -0.39 is 23.5 Å². The van der Waals surface area contributed by atoms with Crippen molar-refractivity contribution in [1.82, 2.24) is 0 Å². The number of aliphatic hydroxyl groups excluding tert-OH is 1. The van der Waals surface area contributed by atoms with Gasteiger partial charge in [0.15, 0.2) is 0 Å². The van der Waals surface area contributed by atoms with E-state index in [1.165, 1.54) is 41.3 Å². The van der Waals surface area contributed by atoms with E-state index in [0.29, 0.717) is 28.1 Å². The molecule has 1 heterocycles. The summed E-state index contributed by atoms with van der Waals surface area (Å²) in [6, 6.07) is 17.6. The Hall–Kier alpha value is -4.44. The van der Waals surface area contributed by atoms with Crippen LogP contribution in [0.4, 0.5) is 10.1 Å². The number of amides is 1. The molecule has 1 amide bonds. The Kier molecular flexibility index (Phi) is 6.39. The molecule has 1 fully saturated rings. The van der Waals surface area contributed by atoms with Crippen LogP contribution in [0.1, 0.15) is 42.1 Å². The number of ether oxygens (including phenoxy) is 1. The van der Waals surface area contributed by atoms with E-state index in [2.05, 4.69) is 0 Å². The van der Waals surface area contributed by atoms with Gasteiger partial charge in [0.25, 0.3) is 11.7 Å². The third-order valence-corrected chi connectivity index (χ3v) is 5.72. The van der Waals surface area contributed by atoms with Crippen LogP contribution in [-0.2, 0) is 9.59 Å². The molecule has 0 spiro atoms. The maximum absolute atomic E-state index is 13.7. The lowest BCUT2D eigenvalue weighted by Crippen LogP contribution is -2.29. The highest BCUT2D eigenvalue weighted by Gasteiger charge is 2.47. The van der Waals surface area contributed by atoms with E-state index >= 15 is 0 Å². The molecule has 0 saturated carbocycles. The van der Waals surface area contributed by atoms with Crippen LogP contribution in [0.25, 0.3) is 5.76 Å². The number of nitrogens with zero attached hydrogens (tertiary/aromatic N) is 2. The number of anilines is 1. The van der Waals surface area contributed by atoms with Gasteiger partial charge in [0, 0.05) is 11.3 Å². The molecule has 1 saturated heterocycles. The van der Waals surface area contributed by atoms with Crippen molar-refractivity contribution in [3.8, 4) is 11.8 Å². The lowest BCUT2D eigenvalue weighted by Gasteiger charge is -2.25. The first-order chi connectivity index (χ1) is 16.7. The van der Waals surface area contributed by atoms with Crippen molar-refractivity contribution >= 4 is 23.1 Å². The zero-order valence-corrected chi connectivity index (χ0v) is 19.4. The summed E-state index contributed by atoms with van der Waals surface area (Å²) in [4.78, 5) is 27.6. The number of aryl methyl sites for hydroxylation is 1. The number of halogens is 1. The maximum Gasteiger partial charge on any atom is 0.300 e. The number of hydrogen-bond donors (Lipinski definition) is 1. The summed E-state index contributed by atoms with van der Waals surface area (Å²) in [6.07, 6.45) is -0.0376. The second-order valence-electron chi connectivity index (χ2n) is 8.53. The highest BCUT2D eigenvalue weighted by atomic mass is 19.1. The van der Waals surface area contributed by atoms with Gasteiger partial charge < -0.3 is 9.84 Å². The van der Waals surface area contributed by atoms with E-state index in [9.17, 15) is 19.1 Å². The van der Waals surface area contributed by atoms with Crippen molar-refractivity contribution in [1.29, 1.82) is 5.26 Å². The molecule has 0 aromatic heterocycles. The number of hydrogen-bond acceptors (Lipinski definition) is 5. The first-order valence-electron chi connectivity index (χ1n) is 11.1. The van der Waals surface area contributed by atoms with Crippen LogP contribution < -0.4 is 9.64 Å². The van der Waals surface area contributed by atoms with E-state index in [1.807, 2.05) is 26.8 Å². The van der Waals surface area contributed by atoms with Gasteiger partial charge in [-0.3, -0.25) is 14.5 Å². The van der Waals surface area contributed by atoms with Gasteiger partial charge in [-0.05, 0) is 86.5 Å². The molecule has 1 atom stereocenters. The zero-order chi connectivity index (χ0) is 25.3. The standard InChI is InChI=1S/C28H23FN2O4/c1-16(2)35-23-13-8-20(14-17(23)3)26(32)24-25(19-6-9-21(29)10-7-19)31(28(34)27(24)33)22-11-4-18(15-30)5-12-22/h4-14,16,25,32H,1-3H3/b26-24-. The van der Waals surface area contributed by atoms with Crippen LogP contribution >= 0.6 is 0 Å². The average molecular weight is 471 g/mol. The molecule has 3 aromatic carbocycles. The predicted octanol–water partition coefficient (Wildman–Crippen LogP) is 5.42. The number of benzene rings is 3. The molecule has 1 N–H and O–H groups in total. The van der Waals surface area contributed by atoms with Gasteiger partial charge in [-0.15, -0.1) is 0 Å². The fraction of sp³-hybridized carbons (Fsp3) is 0.179. The smallest absolute Gasteiger partial charge is 0.300 e. The number of Topliss-reactive ketones (excluding diaryl/α,β-unsaturated/α-hetero) is 1.